The van der Waals surface area contributed by atoms with Gasteiger partial charge in [-0.15, -0.1) is 9.60 Å². The molecule has 0 saturated carbocycles. The van der Waals surface area contributed by atoms with E-state index in [1.165, 1.54) is 25.7 Å². The van der Waals surface area contributed by atoms with Crippen molar-refractivity contribution in [2.75, 3.05) is 13.1 Å². The average molecular weight is 187 g/mol. The summed E-state index contributed by atoms with van der Waals surface area (Å²) in [4.78, 5) is 0. The van der Waals surface area contributed by atoms with Crippen molar-refractivity contribution in [3.05, 3.63) is 0 Å². The van der Waals surface area contributed by atoms with E-state index in [0.717, 1.165) is 11.0 Å². The number of hydrogen-bond donors (Lipinski definition) is 0. The average Bonchev–Trinajstić information content (AvgIpc) is 1.95. The highest BCUT2D eigenvalue weighted by molar-refractivity contribution is 4.86. The van der Waals surface area contributed by atoms with E-state index < -0.39 is 0 Å². The molecule has 0 aromatic rings. The van der Waals surface area contributed by atoms with Crippen LogP contribution >= 0.6 is 0 Å². The first-order chi connectivity index (χ1) is 6.02. The molecule has 1 aliphatic heterocycles. The first-order valence-electron chi connectivity index (χ1n) is 5.43. The maximum Gasteiger partial charge on any atom is 0.0357 e. The third-order valence-corrected chi connectivity index (χ3v) is 2.92. The molecule has 0 radical (unpaired) electrons. The normalized spacial score (nSPS) is 21.9. The minimum atomic E-state index is 0.283. The monoisotopic (exact) mass is 187 g/mol. The Hall–Kier alpha value is -0.110. The van der Waals surface area contributed by atoms with Gasteiger partial charge in [-0.1, -0.05) is 40.0 Å². The molecule has 78 valence electrons. The number of unbranched alkanes of at least 4 members (excludes halogenated alkanes) is 1. The molecule has 1 saturated heterocycles. The first-order valence-corrected chi connectivity index (χ1v) is 5.43. The van der Waals surface area contributed by atoms with Crippen molar-refractivity contribution < 1.29 is 4.48 Å². The van der Waals surface area contributed by atoms with Crippen molar-refractivity contribution >= 4 is 0 Å². The van der Waals surface area contributed by atoms with Gasteiger partial charge in [-0.2, -0.15) is 0 Å². The summed E-state index contributed by atoms with van der Waals surface area (Å²) in [5.74, 6) is 0.812. The molecule has 0 spiro atoms. The Morgan fingerprint density at radius 2 is 1.92 bits per heavy atom. The first kappa shape index (κ1) is 11.0. The van der Waals surface area contributed by atoms with Crippen LogP contribution in [0.25, 0.3) is 0 Å². The van der Waals surface area contributed by atoms with Gasteiger partial charge >= 0.3 is 0 Å². The lowest BCUT2D eigenvalue weighted by Crippen LogP contribution is -2.50. The highest BCUT2D eigenvalue weighted by atomic mass is 19.2. The summed E-state index contributed by atoms with van der Waals surface area (Å²) in [6.07, 6.45) is 5.08. The highest BCUT2D eigenvalue weighted by Gasteiger charge is 2.38. The van der Waals surface area contributed by atoms with Gasteiger partial charge in [0, 0.05) is 13.1 Å². The Morgan fingerprint density at radius 1 is 1.31 bits per heavy atom. The molecular weight excluding hydrogens is 165 g/mol. The zero-order valence-corrected chi connectivity index (χ0v) is 9.15. The molecule has 0 N–H and O–H groups in total. The van der Waals surface area contributed by atoms with Crippen LogP contribution in [-0.4, -0.2) is 18.2 Å². The lowest BCUT2D eigenvalue weighted by Gasteiger charge is -2.42. The van der Waals surface area contributed by atoms with Crippen molar-refractivity contribution in [2.45, 2.75) is 46.5 Å². The van der Waals surface area contributed by atoms with Crippen molar-refractivity contribution in [3.8, 4) is 0 Å². The van der Waals surface area contributed by atoms with Crippen LogP contribution in [0.15, 0.2) is 0 Å². The molecule has 0 aromatic carbocycles. The second-order valence-corrected chi connectivity index (χ2v) is 5.23. The zero-order valence-electron chi connectivity index (χ0n) is 9.15. The van der Waals surface area contributed by atoms with Crippen LogP contribution in [-0.2, 0) is 0 Å². The highest BCUT2D eigenvalue weighted by Crippen LogP contribution is 2.35. The summed E-state index contributed by atoms with van der Waals surface area (Å²) >= 11 is 0. The molecular formula is C11H22FN. The van der Waals surface area contributed by atoms with E-state index in [2.05, 4.69) is 20.8 Å². The van der Waals surface area contributed by atoms with Gasteiger partial charge in [0.05, 0.1) is 0 Å². The Balaban J connectivity index is 2.00. The third-order valence-electron chi connectivity index (χ3n) is 2.92. The maximum atomic E-state index is 12.5. The molecule has 0 atom stereocenters. The van der Waals surface area contributed by atoms with E-state index >= 15 is 0 Å². The van der Waals surface area contributed by atoms with Gasteiger partial charge < -0.3 is 0 Å². The summed E-state index contributed by atoms with van der Waals surface area (Å²) < 4.78 is 12.5. The maximum absolute atomic E-state index is 12.5. The molecule has 1 aliphatic rings. The lowest BCUT2D eigenvalue weighted by atomic mass is 9.79. The van der Waals surface area contributed by atoms with E-state index in [1.54, 1.807) is 0 Å². The van der Waals surface area contributed by atoms with Gasteiger partial charge in [-0.05, 0) is 17.8 Å². The van der Waals surface area contributed by atoms with Crippen molar-refractivity contribution in [2.24, 2.45) is 11.3 Å². The van der Waals surface area contributed by atoms with E-state index in [9.17, 15) is 4.48 Å². The molecule has 0 unspecified atom stereocenters. The van der Waals surface area contributed by atoms with Gasteiger partial charge in [0.25, 0.3) is 0 Å². The molecule has 0 amide bonds. The van der Waals surface area contributed by atoms with Crippen molar-refractivity contribution in [1.82, 2.24) is 5.12 Å². The smallest absolute Gasteiger partial charge is 0.0357 e. The quantitative estimate of drug-likeness (QED) is 0.471. The largest absolute Gasteiger partial charge is 0.145 e. The molecule has 13 heavy (non-hydrogen) atoms. The second-order valence-electron chi connectivity index (χ2n) is 5.23. The zero-order chi connectivity index (χ0) is 9.90. The minimum Gasteiger partial charge on any atom is -0.145 e. The number of hydrogen-bond acceptors (Lipinski definition) is 1. The fraction of sp³-hybridized carbons (Fsp3) is 1.00. The fourth-order valence-electron chi connectivity index (χ4n) is 2.04. The molecule has 1 heterocycles. The van der Waals surface area contributed by atoms with E-state index in [4.69, 9.17) is 0 Å². The van der Waals surface area contributed by atoms with E-state index in [1.807, 2.05) is 0 Å². The van der Waals surface area contributed by atoms with Crippen LogP contribution in [0.5, 0.6) is 0 Å². The van der Waals surface area contributed by atoms with Crippen molar-refractivity contribution in [3.63, 3.8) is 0 Å². The van der Waals surface area contributed by atoms with Gasteiger partial charge in [-0.3, -0.25) is 0 Å². The Morgan fingerprint density at radius 3 is 2.38 bits per heavy atom. The van der Waals surface area contributed by atoms with E-state index in [-0.39, 0.29) is 5.41 Å². The summed E-state index contributed by atoms with van der Waals surface area (Å²) in [7, 11) is 0. The van der Waals surface area contributed by atoms with Gasteiger partial charge in [0.15, 0.2) is 0 Å². The molecule has 0 aromatic heterocycles. The Kier molecular flexibility index (Phi) is 3.72. The third kappa shape index (κ3) is 3.63. The predicted octanol–water partition coefficient (Wildman–Crippen LogP) is 3.41. The SMILES string of the molecule is CC(C)CCCCC1(C)CN(F)C1. The van der Waals surface area contributed by atoms with Crippen molar-refractivity contribution in [1.29, 1.82) is 0 Å². The van der Waals surface area contributed by atoms with Gasteiger partial charge in [-0.25, -0.2) is 0 Å². The molecule has 2 heteroatoms. The second kappa shape index (κ2) is 4.41. The van der Waals surface area contributed by atoms with Crippen LogP contribution < -0.4 is 0 Å². The molecule has 1 fully saturated rings. The summed E-state index contributed by atoms with van der Waals surface area (Å²) in [6.45, 7) is 8.00. The summed E-state index contributed by atoms with van der Waals surface area (Å²) in [5, 5.41) is 0.919. The Bertz CT molecular complexity index is 150. The van der Waals surface area contributed by atoms with E-state index in [0.29, 0.717) is 13.1 Å². The number of halogens is 1. The van der Waals surface area contributed by atoms with Gasteiger partial charge in [0.1, 0.15) is 0 Å². The van der Waals surface area contributed by atoms with Crippen LogP contribution in [0.2, 0.25) is 0 Å². The molecule has 0 aliphatic carbocycles. The Labute approximate surface area is 81.2 Å². The van der Waals surface area contributed by atoms with Crippen LogP contribution in [0, 0.1) is 11.3 Å². The lowest BCUT2D eigenvalue weighted by molar-refractivity contribution is -0.129. The molecule has 0 bridgehead atoms. The van der Waals surface area contributed by atoms with Crippen LogP contribution in [0.1, 0.15) is 46.5 Å². The van der Waals surface area contributed by atoms with Crippen LogP contribution in [0.3, 0.4) is 0 Å². The summed E-state index contributed by atoms with van der Waals surface area (Å²) in [6, 6.07) is 0. The number of nitrogens with zero attached hydrogens (tertiary/aromatic N) is 1. The topological polar surface area (TPSA) is 3.24 Å². The number of rotatable bonds is 5. The minimum absolute atomic E-state index is 0.283. The summed E-state index contributed by atoms with van der Waals surface area (Å²) in [5.41, 5.74) is 0.283. The standard InChI is InChI=1S/C11H22FN/c1-10(2)6-4-5-7-11(3)8-13(12)9-11/h10H,4-9H2,1-3H3. The van der Waals surface area contributed by atoms with Crippen LogP contribution in [0.4, 0.5) is 4.48 Å². The predicted molar refractivity (Wildman–Crippen MR) is 54.1 cm³/mol. The van der Waals surface area contributed by atoms with Gasteiger partial charge in [0.2, 0.25) is 0 Å². The fourth-order valence-corrected chi connectivity index (χ4v) is 2.04. The molecule has 1 rings (SSSR count). The molecule has 1 nitrogen and oxygen atoms in total.